The summed E-state index contributed by atoms with van der Waals surface area (Å²) in [6.45, 7) is 0.471. The van der Waals surface area contributed by atoms with Crippen molar-refractivity contribution in [3.05, 3.63) is 59.7 Å². The van der Waals surface area contributed by atoms with Crippen LogP contribution in [0.3, 0.4) is 0 Å². The first kappa shape index (κ1) is 13.0. The minimum atomic E-state index is -3.40. The van der Waals surface area contributed by atoms with Crippen molar-refractivity contribution in [1.29, 1.82) is 0 Å². The third-order valence-corrected chi connectivity index (χ3v) is 5.25. The van der Waals surface area contributed by atoms with Gasteiger partial charge in [-0.3, -0.25) is 4.31 Å². The first-order chi connectivity index (χ1) is 9.58. The Labute approximate surface area is 118 Å². The van der Waals surface area contributed by atoms with E-state index in [0.29, 0.717) is 24.3 Å². The SMILES string of the molecule is Nc1cccc2c1N(S(=O)(=O)Cc1ccccc1)CC2. The molecular weight excluding hydrogens is 272 g/mol. The first-order valence-electron chi connectivity index (χ1n) is 6.49. The van der Waals surface area contributed by atoms with E-state index in [4.69, 9.17) is 5.73 Å². The van der Waals surface area contributed by atoms with E-state index in [-0.39, 0.29) is 5.75 Å². The Kier molecular flexibility index (Phi) is 3.14. The van der Waals surface area contributed by atoms with Crippen LogP contribution in [0.1, 0.15) is 11.1 Å². The predicted molar refractivity (Wildman–Crippen MR) is 81.0 cm³/mol. The maximum Gasteiger partial charge on any atom is 0.239 e. The summed E-state index contributed by atoms with van der Waals surface area (Å²) >= 11 is 0. The van der Waals surface area contributed by atoms with Crippen LogP contribution >= 0.6 is 0 Å². The minimum Gasteiger partial charge on any atom is -0.397 e. The van der Waals surface area contributed by atoms with Crippen molar-refractivity contribution in [3.8, 4) is 0 Å². The summed E-state index contributed by atoms with van der Waals surface area (Å²) in [6.07, 6.45) is 0.717. The molecule has 2 aromatic rings. The van der Waals surface area contributed by atoms with Gasteiger partial charge in [-0.25, -0.2) is 8.42 Å². The minimum absolute atomic E-state index is 0.00160. The van der Waals surface area contributed by atoms with Crippen molar-refractivity contribution in [2.24, 2.45) is 0 Å². The lowest BCUT2D eigenvalue weighted by Crippen LogP contribution is -2.30. The average Bonchev–Trinajstić information content (AvgIpc) is 2.85. The lowest BCUT2D eigenvalue weighted by molar-refractivity contribution is 0.591. The van der Waals surface area contributed by atoms with Crippen LogP contribution in [-0.4, -0.2) is 15.0 Å². The Morgan fingerprint density at radius 3 is 2.55 bits per heavy atom. The second-order valence-corrected chi connectivity index (χ2v) is 6.81. The third-order valence-electron chi connectivity index (χ3n) is 3.51. The van der Waals surface area contributed by atoms with Crippen LogP contribution in [0.15, 0.2) is 48.5 Å². The Morgan fingerprint density at radius 1 is 1.05 bits per heavy atom. The van der Waals surface area contributed by atoms with E-state index in [1.54, 1.807) is 6.07 Å². The normalized spacial score (nSPS) is 14.3. The molecule has 0 fully saturated rings. The molecule has 0 atom stereocenters. The Morgan fingerprint density at radius 2 is 1.80 bits per heavy atom. The molecule has 0 saturated carbocycles. The van der Waals surface area contributed by atoms with Crippen molar-refractivity contribution >= 4 is 21.4 Å². The highest BCUT2D eigenvalue weighted by molar-refractivity contribution is 7.92. The summed E-state index contributed by atoms with van der Waals surface area (Å²) in [6, 6.07) is 14.7. The lowest BCUT2D eigenvalue weighted by atomic mass is 10.1. The topological polar surface area (TPSA) is 63.4 Å². The van der Waals surface area contributed by atoms with Crippen LogP contribution in [0.4, 0.5) is 11.4 Å². The number of nitrogen functional groups attached to an aromatic ring is 1. The molecule has 1 heterocycles. The number of sulfonamides is 1. The molecule has 2 aromatic carbocycles. The molecule has 4 nitrogen and oxygen atoms in total. The van der Waals surface area contributed by atoms with Crippen LogP contribution in [-0.2, 0) is 22.2 Å². The summed E-state index contributed by atoms with van der Waals surface area (Å²) in [4.78, 5) is 0. The van der Waals surface area contributed by atoms with E-state index < -0.39 is 10.0 Å². The molecule has 5 heteroatoms. The van der Waals surface area contributed by atoms with Crippen LogP contribution < -0.4 is 10.0 Å². The van der Waals surface area contributed by atoms with E-state index in [2.05, 4.69) is 0 Å². The van der Waals surface area contributed by atoms with Crippen molar-refractivity contribution < 1.29 is 8.42 Å². The number of fused-ring (bicyclic) bond motifs is 1. The molecule has 0 amide bonds. The highest BCUT2D eigenvalue weighted by atomic mass is 32.2. The van der Waals surface area contributed by atoms with E-state index >= 15 is 0 Å². The van der Waals surface area contributed by atoms with Gasteiger partial charge in [0.2, 0.25) is 10.0 Å². The molecule has 0 radical (unpaired) electrons. The number of nitrogens with zero attached hydrogens (tertiary/aromatic N) is 1. The zero-order valence-corrected chi connectivity index (χ0v) is 11.8. The van der Waals surface area contributed by atoms with E-state index in [1.807, 2.05) is 42.5 Å². The zero-order valence-electron chi connectivity index (χ0n) is 11.0. The summed E-state index contributed by atoms with van der Waals surface area (Å²) in [5.41, 5.74) is 8.92. The molecule has 104 valence electrons. The summed E-state index contributed by atoms with van der Waals surface area (Å²) in [5.74, 6) is 0.00160. The van der Waals surface area contributed by atoms with Crippen molar-refractivity contribution in [1.82, 2.24) is 0 Å². The van der Waals surface area contributed by atoms with Crippen LogP contribution in [0.25, 0.3) is 0 Å². The Balaban J connectivity index is 1.95. The molecule has 20 heavy (non-hydrogen) atoms. The fraction of sp³-hybridized carbons (Fsp3) is 0.200. The monoisotopic (exact) mass is 288 g/mol. The molecule has 1 aliphatic heterocycles. The number of anilines is 2. The predicted octanol–water partition coefficient (Wildman–Crippen LogP) is 2.16. The average molecular weight is 288 g/mol. The first-order valence-corrected chi connectivity index (χ1v) is 8.10. The molecule has 2 N–H and O–H groups in total. The number of benzene rings is 2. The lowest BCUT2D eigenvalue weighted by Gasteiger charge is -2.21. The Bertz CT molecular complexity index is 727. The molecule has 1 aliphatic rings. The van der Waals surface area contributed by atoms with Crippen LogP contribution in [0, 0.1) is 0 Å². The van der Waals surface area contributed by atoms with Crippen molar-refractivity contribution in [3.63, 3.8) is 0 Å². The molecule has 0 saturated heterocycles. The van der Waals surface area contributed by atoms with E-state index in [0.717, 1.165) is 11.1 Å². The van der Waals surface area contributed by atoms with Gasteiger partial charge >= 0.3 is 0 Å². The Hall–Kier alpha value is -2.01. The van der Waals surface area contributed by atoms with E-state index in [9.17, 15) is 8.42 Å². The second-order valence-electron chi connectivity index (χ2n) is 4.92. The van der Waals surface area contributed by atoms with Crippen molar-refractivity contribution in [2.45, 2.75) is 12.2 Å². The van der Waals surface area contributed by atoms with Gasteiger partial charge in [0.15, 0.2) is 0 Å². The molecule has 3 rings (SSSR count). The summed E-state index contributed by atoms with van der Waals surface area (Å²) in [5, 5.41) is 0. The van der Waals surface area contributed by atoms with Gasteiger partial charge in [0.25, 0.3) is 0 Å². The second kappa shape index (κ2) is 4.83. The quantitative estimate of drug-likeness (QED) is 0.880. The standard InChI is InChI=1S/C15H16N2O2S/c16-14-8-4-7-13-9-10-17(15(13)14)20(18,19)11-12-5-2-1-3-6-12/h1-8H,9-11,16H2. The maximum absolute atomic E-state index is 12.6. The fourth-order valence-corrected chi connectivity index (χ4v) is 4.23. The molecule has 0 aromatic heterocycles. The maximum atomic E-state index is 12.6. The van der Waals surface area contributed by atoms with Gasteiger partial charge in [-0.2, -0.15) is 0 Å². The van der Waals surface area contributed by atoms with Gasteiger partial charge in [0.05, 0.1) is 17.1 Å². The highest BCUT2D eigenvalue weighted by Crippen LogP contribution is 2.36. The van der Waals surface area contributed by atoms with E-state index in [1.165, 1.54) is 4.31 Å². The smallest absolute Gasteiger partial charge is 0.239 e. The van der Waals surface area contributed by atoms with Gasteiger partial charge in [-0.1, -0.05) is 42.5 Å². The highest BCUT2D eigenvalue weighted by Gasteiger charge is 2.30. The van der Waals surface area contributed by atoms with Gasteiger partial charge < -0.3 is 5.73 Å². The summed E-state index contributed by atoms with van der Waals surface area (Å²) in [7, 11) is -3.40. The van der Waals surface area contributed by atoms with Gasteiger partial charge in [-0.15, -0.1) is 0 Å². The third kappa shape index (κ3) is 2.25. The molecule has 0 unspecified atom stereocenters. The molecule has 0 bridgehead atoms. The van der Waals surface area contributed by atoms with Crippen LogP contribution in [0.5, 0.6) is 0 Å². The molecular formula is C15H16N2O2S. The van der Waals surface area contributed by atoms with Crippen LogP contribution in [0.2, 0.25) is 0 Å². The largest absolute Gasteiger partial charge is 0.397 e. The number of rotatable bonds is 3. The fourth-order valence-electron chi connectivity index (χ4n) is 2.59. The number of nitrogens with two attached hydrogens (primary N) is 1. The van der Waals surface area contributed by atoms with Crippen molar-refractivity contribution in [2.75, 3.05) is 16.6 Å². The zero-order chi connectivity index (χ0) is 14.2. The van der Waals surface area contributed by atoms with Gasteiger partial charge in [-0.05, 0) is 23.6 Å². The number of hydrogen-bond donors (Lipinski definition) is 1. The number of hydrogen-bond acceptors (Lipinski definition) is 3. The molecule has 0 aliphatic carbocycles. The van der Waals surface area contributed by atoms with Gasteiger partial charge in [0.1, 0.15) is 0 Å². The molecule has 0 spiro atoms. The number of para-hydroxylation sites is 1. The van der Waals surface area contributed by atoms with Gasteiger partial charge in [0, 0.05) is 6.54 Å². The summed E-state index contributed by atoms with van der Waals surface area (Å²) < 4.78 is 26.6.